The average molecular weight is 419 g/mol. The Bertz CT molecular complexity index is 1230. The van der Waals surface area contributed by atoms with Crippen molar-refractivity contribution >= 4 is 16.8 Å². The van der Waals surface area contributed by atoms with Crippen molar-refractivity contribution in [3.05, 3.63) is 63.7 Å². The SMILES string of the molecule is COc1ccc([C@@H]2CCCN2C(=O)c2ccc3c(=O)n4c(nc3c2)CCC4)c(OC)c1. The molecule has 7 nitrogen and oxygen atoms in total. The van der Waals surface area contributed by atoms with Crippen LogP contribution in [0.15, 0.2) is 41.2 Å². The van der Waals surface area contributed by atoms with Gasteiger partial charge in [-0.15, -0.1) is 0 Å². The molecule has 0 spiro atoms. The Morgan fingerprint density at radius 3 is 2.74 bits per heavy atom. The molecule has 1 saturated heterocycles. The van der Waals surface area contributed by atoms with E-state index in [1.807, 2.05) is 23.1 Å². The monoisotopic (exact) mass is 419 g/mol. The fourth-order valence-electron chi connectivity index (χ4n) is 4.81. The minimum Gasteiger partial charge on any atom is -0.497 e. The van der Waals surface area contributed by atoms with Gasteiger partial charge in [-0.1, -0.05) is 0 Å². The van der Waals surface area contributed by atoms with Crippen LogP contribution in [0.5, 0.6) is 11.5 Å². The lowest BCUT2D eigenvalue weighted by molar-refractivity contribution is 0.0734. The minimum absolute atomic E-state index is 0.0153. The summed E-state index contributed by atoms with van der Waals surface area (Å²) in [5.41, 5.74) is 2.12. The molecular formula is C24H25N3O4. The number of ether oxygens (including phenoxy) is 2. The van der Waals surface area contributed by atoms with Crippen molar-refractivity contribution in [3.8, 4) is 11.5 Å². The van der Waals surface area contributed by atoms with Gasteiger partial charge in [-0.25, -0.2) is 4.98 Å². The summed E-state index contributed by atoms with van der Waals surface area (Å²) in [5, 5.41) is 0.567. The van der Waals surface area contributed by atoms with Crippen molar-refractivity contribution in [1.29, 1.82) is 0 Å². The molecule has 0 N–H and O–H groups in total. The molecule has 160 valence electrons. The van der Waals surface area contributed by atoms with Gasteiger partial charge in [0.05, 0.1) is 31.2 Å². The van der Waals surface area contributed by atoms with Gasteiger partial charge in [0.25, 0.3) is 11.5 Å². The van der Waals surface area contributed by atoms with Crippen molar-refractivity contribution in [1.82, 2.24) is 14.5 Å². The van der Waals surface area contributed by atoms with Crippen molar-refractivity contribution in [2.24, 2.45) is 0 Å². The lowest BCUT2D eigenvalue weighted by Crippen LogP contribution is -2.31. The van der Waals surface area contributed by atoms with Gasteiger partial charge in [-0.05, 0) is 49.6 Å². The van der Waals surface area contributed by atoms with Gasteiger partial charge < -0.3 is 14.4 Å². The molecule has 2 aliphatic heterocycles. The number of benzene rings is 2. The molecule has 31 heavy (non-hydrogen) atoms. The summed E-state index contributed by atoms with van der Waals surface area (Å²) in [6, 6.07) is 10.9. The van der Waals surface area contributed by atoms with Gasteiger partial charge in [-0.3, -0.25) is 14.2 Å². The maximum atomic E-state index is 13.5. The molecule has 5 rings (SSSR count). The number of carbonyl (C=O) groups excluding carboxylic acids is 1. The molecule has 7 heteroatoms. The van der Waals surface area contributed by atoms with E-state index in [0.29, 0.717) is 28.8 Å². The molecule has 0 aliphatic carbocycles. The fourth-order valence-corrected chi connectivity index (χ4v) is 4.81. The van der Waals surface area contributed by atoms with E-state index in [1.54, 1.807) is 37.0 Å². The van der Waals surface area contributed by atoms with E-state index in [-0.39, 0.29) is 17.5 Å². The van der Waals surface area contributed by atoms with Gasteiger partial charge >= 0.3 is 0 Å². The normalized spacial score (nSPS) is 17.7. The standard InChI is InChI=1S/C24H25N3O4/c1-30-16-8-10-18(21(14-16)31-2)20-5-3-11-26(20)23(28)15-7-9-17-19(13-15)25-22-6-4-12-27(22)24(17)29/h7-10,13-14,20H,3-6,11-12H2,1-2H3/t20-/m0/s1. The molecule has 1 atom stereocenters. The molecule has 2 aliphatic rings. The van der Waals surface area contributed by atoms with Crippen LogP contribution in [0.3, 0.4) is 0 Å². The summed E-state index contributed by atoms with van der Waals surface area (Å²) >= 11 is 0. The number of rotatable bonds is 4. The maximum Gasteiger partial charge on any atom is 0.261 e. The van der Waals surface area contributed by atoms with Crippen LogP contribution in [0.25, 0.3) is 10.9 Å². The number of aromatic nitrogens is 2. The van der Waals surface area contributed by atoms with E-state index in [0.717, 1.165) is 49.4 Å². The topological polar surface area (TPSA) is 73.7 Å². The maximum absolute atomic E-state index is 13.5. The Morgan fingerprint density at radius 1 is 1.06 bits per heavy atom. The third kappa shape index (κ3) is 3.24. The highest BCUT2D eigenvalue weighted by Gasteiger charge is 2.33. The summed E-state index contributed by atoms with van der Waals surface area (Å²) in [5.74, 6) is 2.19. The van der Waals surface area contributed by atoms with Crippen LogP contribution >= 0.6 is 0 Å². The summed E-state index contributed by atoms with van der Waals surface area (Å²) in [4.78, 5) is 32.7. The van der Waals surface area contributed by atoms with E-state index in [1.165, 1.54) is 0 Å². The van der Waals surface area contributed by atoms with Gasteiger partial charge in [0.1, 0.15) is 17.3 Å². The summed E-state index contributed by atoms with van der Waals surface area (Å²) < 4.78 is 12.6. The molecule has 0 bridgehead atoms. The molecule has 1 aromatic heterocycles. The number of methoxy groups -OCH3 is 2. The molecule has 1 fully saturated rings. The van der Waals surface area contributed by atoms with Crippen LogP contribution < -0.4 is 15.0 Å². The van der Waals surface area contributed by atoms with Crippen LogP contribution in [0.2, 0.25) is 0 Å². The van der Waals surface area contributed by atoms with Crippen LogP contribution in [0, 0.1) is 0 Å². The number of amides is 1. The molecular weight excluding hydrogens is 394 g/mol. The zero-order valence-corrected chi connectivity index (χ0v) is 17.8. The third-order valence-electron chi connectivity index (χ3n) is 6.38. The molecule has 3 heterocycles. The zero-order chi connectivity index (χ0) is 21.5. The highest BCUT2D eigenvalue weighted by atomic mass is 16.5. The minimum atomic E-state index is -0.0670. The van der Waals surface area contributed by atoms with Gasteiger partial charge in [-0.2, -0.15) is 0 Å². The molecule has 0 saturated carbocycles. The van der Waals surface area contributed by atoms with Crippen LogP contribution in [0.4, 0.5) is 0 Å². The van der Waals surface area contributed by atoms with E-state index in [2.05, 4.69) is 4.98 Å². The molecule has 0 unspecified atom stereocenters. The number of nitrogens with zero attached hydrogens (tertiary/aromatic N) is 3. The number of fused-ring (bicyclic) bond motifs is 2. The summed E-state index contributed by atoms with van der Waals surface area (Å²) in [6.07, 6.45) is 3.53. The quantitative estimate of drug-likeness (QED) is 0.649. The van der Waals surface area contributed by atoms with Gasteiger partial charge in [0, 0.05) is 36.7 Å². The van der Waals surface area contributed by atoms with Crippen LogP contribution in [-0.2, 0) is 13.0 Å². The Morgan fingerprint density at radius 2 is 1.94 bits per heavy atom. The fraction of sp³-hybridized carbons (Fsp3) is 0.375. The van der Waals surface area contributed by atoms with Crippen molar-refractivity contribution in [3.63, 3.8) is 0 Å². The highest BCUT2D eigenvalue weighted by Crippen LogP contribution is 2.39. The second-order valence-electron chi connectivity index (χ2n) is 8.08. The summed E-state index contributed by atoms with van der Waals surface area (Å²) in [6.45, 7) is 1.40. The Kier molecular flexibility index (Phi) is 4.88. The van der Waals surface area contributed by atoms with Crippen LogP contribution in [0.1, 0.15) is 47.1 Å². The number of carbonyl (C=O) groups is 1. The van der Waals surface area contributed by atoms with E-state index in [4.69, 9.17) is 9.47 Å². The van der Waals surface area contributed by atoms with Crippen molar-refractivity contribution in [2.75, 3.05) is 20.8 Å². The van der Waals surface area contributed by atoms with Crippen molar-refractivity contribution in [2.45, 2.75) is 38.3 Å². The van der Waals surface area contributed by atoms with Gasteiger partial charge in [0.2, 0.25) is 0 Å². The van der Waals surface area contributed by atoms with E-state index < -0.39 is 0 Å². The smallest absolute Gasteiger partial charge is 0.261 e. The number of aryl methyl sites for hydroxylation is 1. The molecule has 3 aromatic rings. The Balaban J connectivity index is 1.50. The molecule has 0 radical (unpaired) electrons. The first kappa shape index (κ1) is 19.6. The zero-order valence-electron chi connectivity index (χ0n) is 17.8. The van der Waals surface area contributed by atoms with E-state index in [9.17, 15) is 9.59 Å². The first-order chi connectivity index (χ1) is 15.1. The number of likely N-dealkylation sites (tertiary alicyclic amines) is 1. The second kappa shape index (κ2) is 7.72. The lowest BCUT2D eigenvalue weighted by atomic mass is 10.0. The predicted octanol–water partition coefficient (Wildman–Crippen LogP) is 3.34. The molecule has 2 aromatic carbocycles. The first-order valence-electron chi connectivity index (χ1n) is 10.7. The van der Waals surface area contributed by atoms with Crippen molar-refractivity contribution < 1.29 is 14.3 Å². The van der Waals surface area contributed by atoms with E-state index >= 15 is 0 Å². The number of hydrogen-bond donors (Lipinski definition) is 0. The average Bonchev–Trinajstić information content (AvgIpc) is 3.47. The second-order valence-corrected chi connectivity index (χ2v) is 8.08. The Labute approximate surface area is 180 Å². The lowest BCUT2D eigenvalue weighted by Gasteiger charge is -2.26. The largest absolute Gasteiger partial charge is 0.497 e. The van der Waals surface area contributed by atoms with Gasteiger partial charge in [0.15, 0.2) is 0 Å². The molecule has 1 amide bonds. The summed E-state index contributed by atoms with van der Waals surface area (Å²) in [7, 11) is 3.25. The third-order valence-corrected chi connectivity index (χ3v) is 6.38. The first-order valence-corrected chi connectivity index (χ1v) is 10.7. The predicted molar refractivity (Wildman–Crippen MR) is 117 cm³/mol. The van der Waals surface area contributed by atoms with Crippen LogP contribution in [-0.4, -0.2) is 41.1 Å². The highest BCUT2D eigenvalue weighted by molar-refractivity contribution is 5.98. The number of hydrogen-bond acceptors (Lipinski definition) is 5. The Hall–Kier alpha value is -3.35.